The number of carbonyl (C=O) groups is 1. The zero-order chi connectivity index (χ0) is 8.10. The molecule has 1 aromatic rings. The number of likely N-dealkylation sites (N-methyl/N-ethyl adjacent to an activating group) is 1. The van der Waals surface area contributed by atoms with Crippen LogP contribution in [0.5, 0.6) is 0 Å². The van der Waals surface area contributed by atoms with Crippen LogP contribution in [0.25, 0.3) is 0 Å². The highest BCUT2D eigenvalue weighted by Crippen LogP contribution is 1.95. The van der Waals surface area contributed by atoms with Crippen molar-refractivity contribution in [2.45, 2.75) is 0 Å². The van der Waals surface area contributed by atoms with E-state index in [-0.39, 0.29) is 30.6 Å². The minimum absolute atomic E-state index is 0. The third kappa shape index (κ3) is 4.83. The predicted molar refractivity (Wildman–Crippen MR) is 57.0 cm³/mol. The van der Waals surface area contributed by atoms with Gasteiger partial charge in [-0.05, 0) is 19.2 Å². The van der Waals surface area contributed by atoms with Crippen LogP contribution in [0.4, 0.5) is 0 Å². The molecule has 0 aromatic carbocycles. The number of hydrogen-bond acceptors (Lipinski definition) is 3. The Bertz CT molecular complexity index is 241. The number of nitrogens with one attached hydrogen (secondary N) is 1. The van der Waals surface area contributed by atoms with Gasteiger partial charge >= 0.3 is 0 Å². The maximum atomic E-state index is 11.1. The highest BCUT2D eigenvalue weighted by Gasteiger charge is 2.01. The molecule has 1 N–H and O–H groups in total. The molecule has 0 saturated heterocycles. The standard InChI is InChI=1S/C8H10N2O.2ClH/c1-9-6-8(11)7-3-2-4-10-5-7;;/h2-5,9H,6H2,1H3;2*1H. The van der Waals surface area contributed by atoms with Crippen LogP contribution in [-0.2, 0) is 0 Å². The first-order chi connectivity index (χ1) is 5.34. The first kappa shape index (κ1) is 14.9. The first-order valence-corrected chi connectivity index (χ1v) is 3.42. The summed E-state index contributed by atoms with van der Waals surface area (Å²) in [5.41, 5.74) is 0.654. The number of nitrogens with zero attached hydrogens (tertiary/aromatic N) is 1. The second kappa shape index (κ2) is 7.98. The van der Waals surface area contributed by atoms with E-state index in [0.717, 1.165) is 0 Å². The van der Waals surface area contributed by atoms with Crippen molar-refractivity contribution in [1.29, 1.82) is 0 Å². The van der Waals surface area contributed by atoms with Crippen molar-refractivity contribution in [3.8, 4) is 0 Å². The predicted octanol–water partition coefficient (Wildman–Crippen LogP) is 1.33. The van der Waals surface area contributed by atoms with Crippen molar-refractivity contribution in [3.05, 3.63) is 30.1 Å². The Balaban J connectivity index is 0. The summed E-state index contributed by atoms with van der Waals surface area (Å²) in [6.07, 6.45) is 3.22. The van der Waals surface area contributed by atoms with Gasteiger partial charge in [0, 0.05) is 18.0 Å². The highest BCUT2D eigenvalue weighted by molar-refractivity contribution is 5.97. The van der Waals surface area contributed by atoms with Gasteiger partial charge in [-0.15, -0.1) is 24.8 Å². The molecule has 1 aromatic heterocycles. The van der Waals surface area contributed by atoms with Gasteiger partial charge in [0.15, 0.2) is 5.78 Å². The third-order valence-corrected chi connectivity index (χ3v) is 1.32. The molecule has 0 aliphatic heterocycles. The molecule has 1 rings (SSSR count). The summed E-state index contributed by atoms with van der Waals surface area (Å²) < 4.78 is 0. The van der Waals surface area contributed by atoms with Crippen molar-refractivity contribution in [2.75, 3.05) is 13.6 Å². The Morgan fingerprint density at radius 2 is 2.23 bits per heavy atom. The van der Waals surface area contributed by atoms with Gasteiger partial charge in [0.25, 0.3) is 0 Å². The van der Waals surface area contributed by atoms with Gasteiger partial charge in [-0.2, -0.15) is 0 Å². The summed E-state index contributed by atoms with van der Waals surface area (Å²) >= 11 is 0. The molecule has 0 aliphatic carbocycles. The number of carbonyl (C=O) groups excluding carboxylic acids is 1. The fraction of sp³-hybridized carbons (Fsp3) is 0.250. The van der Waals surface area contributed by atoms with Gasteiger partial charge in [0.1, 0.15) is 0 Å². The lowest BCUT2D eigenvalue weighted by Gasteiger charge is -1.96. The van der Waals surface area contributed by atoms with Crippen molar-refractivity contribution < 1.29 is 4.79 Å². The van der Waals surface area contributed by atoms with E-state index in [4.69, 9.17) is 0 Å². The van der Waals surface area contributed by atoms with Gasteiger partial charge in [-0.1, -0.05) is 0 Å². The van der Waals surface area contributed by atoms with E-state index in [1.807, 2.05) is 0 Å². The van der Waals surface area contributed by atoms with E-state index in [9.17, 15) is 4.79 Å². The molecule has 0 amide bonds. The van der Waals surface area contributed by atoms with Crippen LogP contribution in [0.3, 0.4) is 0 Å². The van der Waals surface area contributed by atoms with Crippen LogP contribution in [0.1, 0.15) is 10.4 Å². The summed E-state index contributed by atoms with van der Waals surface area (Å²) in [7, 11) is 1.74. The molecule has 0 unspecified atom stereocenters. The van der Waals surface area contributed by atoms with Crippen LogP contribution in [0.2, 0.25) is 0 Å². The van der Waals surface area contributed by atoms with Gasteiger partial charge in [-0.25, -0.2) is 0 Å². The van der Waals surface area contributed by atoms with Crippen LogP contribution in [0.15, 0.2) is 24.5 Å². The zero-order valence-electron chi connectivity index (χ0n) is 7.19. The lowest BCUT2D eigenvalue weighted by Crippen LogP contribution is -2.18. The quantitative estimate of drug-likeness (QED) is 0.786. The number of halogens is 2. The topological polar surface area (TPSA) is 42.0 Å². The van der Waals surface area contributed by atoms with Crippen LogP contribution in [-0.4, -0.2) is 24.4 Å². The Morgan fingerprint density at radius 1 is 1.54 bits per heavy atom. The van der Waals surface area contributed by atoms with Crippen LogP contribution < -0.4 is 5.32 Å². The number of ketones is 1. The maximum Gasteiger partial charge on any atom is 0.178 e. The molecule has 0 radical (unpaired) electrons. The van der Waals surface area contributed by atoms with Gasteiger partial charge < -0.3 is 5.32 Å². The molecule has 0 saturated carbocycles. The number of aromatic nitrogens is 1. The number of rotatable bonds is 3. The average Bonchev–Trinajstić information content (AvgIpc) is 2.07. The minimum atomic E-state index is 0. The monoisotopic (exact) mass is 222 g/mol. The largest absolute Gasteiger partial charge is 0.313 e. The molecule has 0 aliphatic rings. The fourth-order valence-electron chi connectivity index (χ4n) is 0.790. The lowest BCUT2D eigenvalue weighted by atomic mass is 10.2. The van der Waals surface area contributed by atoms with Gasteiger partial charge in [0.05, 0.1) is 6.54 Å². The Kier molecular flexibility index (Phi) is 9.12. The first-order valence-electron chi connectivity index (χ1n) is 3.42. The van der Waals surface area contributed by atoms with Crippen molar-refractivity contribution in [1.82, 2.24) is 10.3 Å². The molecule has 13 heavy (non-hydrogen) atoms. The van der Waals surface area contributed by atoms with Crippen LogP contribution >= 0.6 is 24.8 Å². The van der Waals surface area contributed by atoms with E-state index in [1.54, 1.807) is 31.6 Å². The second-order valence-corrected chi connectivity index (χ2v) is 2.20. The van der Waals surface area contributed by atoms with E-state index in [2.05, 4.69) is 10.3 Å². The fourth-order valence-corrected chi connectivity index (χ4v) is 0.790. The summed E-state index contributed by atoms with van der Waals surface area (Å²) in [6, 6.07) is 3.51. The van der Waals surface area contributed by atoms with Crippen molar-refractivity contribution >= 4 is 30.6 Å². The van der Waals surface area contributed by atoms with Crippen molar-refractivity contribution in [2.24, 2.45) is 0 Å². The Morgan fingerprint density at radius 3 is 2.69 bits per heavy atom. The molecule has 1 heterocycles. The molecule has 74 valence electrons. The number of Topliss-reactive ketones (excluding diaryl/α,β-unsaturated/α-hetero) is 1. The number of hydrogen-bond donors (Lipinski definition) is 1. The normalized spacial score (nSPS) is 8.08. The summed E-state index contributed by atoms with van der Waals surface area (Å²) in [4.78, 5) is 15.0. The third-order valence-electron chi connectivity index (χ3n) is 1.32. The average molecular weight is 223 g/mol. The minimum Gasteiger partial charge on any atom is -0.313 e. The molecule has 0 spiro atoms. The van der Waals surface area contributed by atoms with Crippen molar-refractivity contribution in [3.63, 3.8) is 0 Å². The molecular formula is C8H12Cl2N2O. The number of pyridine rings is 1. The van der Waals surface area contributed by atoms with Crippen LogP contribution in [0, 0.1) is 0 Å². The Labute approximate surface area is 89.8 Å². The van der Waals surface area contributed by atoms with E-state index < -0.39 is 0 Å². The SMILES string of the molecule is CNCC(=O)c1cccnc1.Cl.Cl. The maximum absolute atomic E-state index is 11.1. The summed E-state index contributed by atoms with van der Waals surface area (Å²) in [5.74, 6) is 0.0700. The van der Waals surface area contributed by atoms with E-state index >= 15 is 0 Å². The second-order valence-electron chi connectivity index (χ2n) is 2.20. The molecule has 0 atom stereocenters. The Hall–Kier alpha value is -0.640. The smallest absolute Gasteiger partial charge is 0.178 e. The molecular weight excluding hydrogens is 211 g/mol. The molecule has 0 fully saturated rings. The summed E-state index contributed by atoms with van der Waals surface area (Å²) in [6.45, 7) is 0.367. The zero-order valence-corrected chi connectivity index (χ0v) is 8.82. The van der Waals surface area contributed by atoms with Gasteiger partial charge in [-0.3, -0.25) is 9.78 Å². The highest BCUT2D eigenvalue weighted by atomic mass is 35.5. The van der Waals surface area contributed by atoms with E-state index in [0.29, 0.717) is 12.1 Å². The van der Waals surface area contributed by atoms with Gasteiger partial charge in [0.2, 0.25) is 0 Å². The lowest BCUT2D eigenvalue weighted by molar-refractivity contribution is 0.0993. The molecule has 5 heteroatoms. The van der Waals surface area contributed by atoms with E-state index in [1.165, 1.54) is 0 Å². The molecule has 3 nitrogen and oxygen atoms in total. The summed E-state index contributed by atoms with van der Waals surface area (Å²) in [5, 5.41) is 2.79. The molecule has 0 bridgehead atoms.